The van der Waals surface area contributed by atoms with Crippen LogP contribution in [0.2, 0.25) is 0 Å². The second-order valence-corrected chi connectivity index (χ2v) is 12.9. The van der Waals surface area contributed by atoms with Crippen molar-refractivity contribution in [3.05, 3.63) is 126 Å². The van der Waals surface area contributed by atoms with E-state index in [0.29, 0.717) is 11.5 Å². The van der Waals surface area contributed by atoms with E-state index in [1.54, 1.807) is 7.11 Å². The maximum Gasteiger partial charge on any atom is 2.00 e. The maximum absolute atomic E-state index is 6.42. The van der Waals surface area contributed by atoms with Crippen molar-refractivity contribution in [2.45, 2.75) is 41.0 Å². The van der Waals surface area contributed by atoms with E-state index in [0.717, 1.165) is 68.0 Å². The standard InChI is InChI=1S/C40H36N4O2.Pt/c1-26-39(29-11-8-7-9-12-29)27(2)44(42-26)30-13-10-14-32(22-30)46-33-15-17-34-35-23-31(45-6)16-18-36(35)43(37(34)24-33)38-21-28(19-20-41-38)25-40(3,4)5;/h7-21,23H,25H2,1-6H3;/q-2;+2. The van der Waals surface area contributed by atoms with E-state index in [4.69, 9.17) is 19.6 Å². The molecule has 3 heterocycles. The third-order valence-corrected chi connectivity index (χ3v) is 8.18. The number of fused-ring (bicyclic) bond motifs is 3. The summed E-state index contributed by atoms with van der Waals surface area (Å²) >= 11 is 0. The monoisotopic (exact) mass is 799 g/mol. The van der Waals surface area contributed by atoms with Gasteiger partial charge in [-0.2, -0.15) is 17.2 Å². The first kappa shape index (κ1) is 32.3. The van der Waals surface area contributed by atoms with Gasteiger partial charge < -0.3 is 14.0 Å². The smallest absolute Gasteiger partial charge is 0.509 e. The van der Waals surface area contributed by atoms with Crippen LogP contribution in [0.1, 0.15) is 37.7 Å². The van der Waals surface area contributed by atoms with Crippen molar-refractivity contribution in [3.8, 4) is 39.9 Å². The van der Waals surface area contributed by atoms with Crippen LogP contribution in [0.3, 0.4) is 0 Å². The van der Waals surface area contributed by atoms with Crippen LogP contribution in [-0.4, -0.2) is 26.4 Å². The Labute approximate surface area is 290 Å². The molecular formula is C40H36N4O2Pt. The van der Waals surface area contributed by atoms with Gasteiger partial charge >= 0.3 is 21.1 Å². The number of aromatic nitrogens is 4. The fourth-order valence-corrected chi connectivity index (χ4v) is 6.27. The molecule has 0 radical (unpaired) electrons. The first-order valence-electron chi connectivity index (χ1n) is 15.5. The Morgan fingerprint density at radius 2 is 1.60 bits per heavy atom. The molecule has 47 heavy (non-hydrogen) atoms. The summed E-state index contributed by atoms with van der Waals surface area (Å²) in [5.74, 6) is 2.80. The van der Waals surface area contributed by atoms with E-state index in [2.05, 4.69) is 86.9 Å². The number of benzene rings is 4. The van der Waals surface area contributed by atoms with Crippen LogP contribution >= 0.6 is 0 Å². The van der Waals surface area contributed by atoms with Gasteiger partial charge in [0.1, 0.15) is 11.6 Å². The minimum atomic E-state index is 0. The zero-order chi connectivity index (χ0) is 32.0. The predicted octanol–water partition coefficient (Wildman–Crippen LogP) is 9.64. The molecule has 7 rings (SSSR count). The van der Waals surface area contributed by atoms with Gasteiger partial charge in [0.2, 0.25) is 0 Å². The fraction of sp³-hybridized carbons (Fsp3) is 0.200. The van der Waals surface area contributed by atoms with Gasteiger partial charge in [-0.15, -0.1) is 35.7 Å². The van der Waals surface area contributed by atoms with Crippen molar-refractivity contribution in [2.75, 3.05) is 7.11 Å². The SMILES string of the molecule is COc1ccc2c(c1)c1ccc(Oc3[c-]c(-n4nc(C)c(-c5ccccc5)c4C)ccc3)[c-]c1n2-c1cc(CC(C)(C)C)ccn1.[Pt+2]. The molecule has 6 nitrogen and oxygen atoms in total. The van der Waals surface area contributed by atoms with Crippen LogP contribution in [0, 0.1) is 31.4 Å². The van der Waals surface area contributed by atoms with E-state index < -0.39 is 0 Å². The van der Waals surface area contributed by atoms with Crippen LogP contribution in [0.15, 0.2) is 97.2 Å². The number of nitrogens with zero attached hydrogens (tertiary/aromatic N) is 4. The summed E-state index contributed by atoms with van der Waals surface area (Å²) < 4.78 is 16.1. The molecule has 0 aliphatic rings. The number of hydrogen-bond acceptors (Lipinski definition) is 4. The van der Waals surface area contributed by atoms with E-state index in [-0.39, 0.29) is 26.5 Å². The Bertz CT molecular complexity index is 2210. The second kappa shape index (κ2) is 12.8. The summed E-state index contributed by atoms with van der Waals surface area (Å²) in [5.41, 5.74) is 8.39. The van der Waals surface area contributed by atoms with Gasteiger partial charge in [0, 0.05) is 34.5 Å². The number of pyridine rings is 1. The molecule has 0 atom stereocenters. The normalized spacial score (nSPS) is 11.5. The fourth-order valence-electron chi connectivity index (χ4n) is 6.27. The Morgan fingerprint density at radius 3 is 2.36 bits per heavy atom. The zero-order valence-electron chi connectivity index (χ0n) is 27.4. The number of rotatable bonds is 7. The molecule has 4 aromatic carbocycles. The van der Waals surface area contributed by atoms with Crippen LogP contribution in [-0.2, 0) is 27.5 Å². The molecule has 0 amide bonds. The van der Waals surface area contributed by atoms with Crippen molar-refractivity contribution in [3.63, 3.8) is 0 Å². The van der Waals surface area contributed by atoms with Crippen molar-refractivity contribution in [2.24, 2.45) is 5.41 Å². The van der Waals surface area contributed by atoms with Gasteiger partial charge in [0.25, 0.3) is 0 Å². The average Bonchev–Trinajstić information content (AvgIpc) is 3.52. The molecule has 0 fully saturated rings. The Balaban J connectivity index is 0.00000386. The quantitative estimate of drug-likeness (QED) is 0.151. The van der Waals surface area contributed by atoms with Gasteiger partial charge in [-0.3, -0.25) is 4.68 Å². The van der Waals surface area contributed by atoms with Gasteiger partial charge in [-0.05, 0) is 78.2 Å². The maximum atomic E-state index is 6.42. The molecule has 0 aliphatic carbocycles. The van der Waals surface area contributed by atoms with Crippen molar-refractivity contribution in [1.82, 2.24) is 19.3 Å². The molecule has 0 saturated carbocycles. The van der Waals surface area contributed by atoms with Crippen molar-refractivity contribution in [1.29, 1.82) is 0 Å². The molecule has 3 aromatic heterocycles. The Hall–Kier alpha value is -4.67. The summed E-state index contributed by atoms with van der Waals surface area (Å²) in [6, 6.07) is 37.6. The van der Waals surface area contributed by atoms with Crippen LogP contribution in [0.4, 0.5) is 0 Å². The third kappa shape index (κ3) is 6.35. The molecule has 7 heteroatoms. The summed E-state index contributed by atoms with van der Waals surface area (Å²) in [6.45, 7) is 10.9. The summed E-state index contributed by atoms with van der Waals surface area (Å²) in [5, 5.41) is 6.96. The average molecular weight is 800 g/mol. The molecule has 0 saturated heterocycles. The Kier molecular flexibility index (Phi) is 8.82. The van der Waals surface area contributed by atoms with Crippen LogP contribution in [0.5, 0.6) is 17.2 Å². The first-order chi connectivity index (χ1) is 22.2. The number of methoxy groups -OCH3 is 1. The molecular weight excluding hydrogens is 764 g/mol. The van der Waals surface area contributed by atoms with E-state index in [1.807, 2.05) is 66.3 Å². The second-order valence-electron chi connectivity index (χ2n) is 12.9. The third-order valence-electron chi connectivity index (χ3n) is 8.18. The summed E-state index contributed by atoms with van der Waals surface area (Å²) in [6.07, 6.45) is 2.83. The molecule has 0 aliphatic heterocycles. The Morgan fingerprint density at radius 1 is 0.809 bits per heavy atom. The zero-order valence-corrected chi connectivity index (χ0v) is 29.6. The largest absolute Gasteiger partial charge is 2.00 e. The van der Waals surface area contributed by atoms with E-state index in [9.17, 15) is 0 Å². The topological polar surface area (TPSA) is 54.1 Å². The number of ether oxygens (including phenoxy) is 2. The van der Waals surface area contributed by atoms with E-state index >= 15 is 0 Å². The van der Waals surface area contributed by atoms with Crippen molar-refractivity contribution < 1.29 is 30.5 Å². The van der Waals surface area contributed by atoms with Gasteiger partial charge in [-0.25, -0.2) is 4.98 Å². The van der Waals surface area contributed by atoms with Crippen molar-refractivity contribution >= 4 is 21.8 Å². The van der Waals surface area contributed by atoms with Gasteiger partial charge in [0.15, 0.2) is 0 Å². The molecule has 0 N–H and O–H groups in total. The minimum absolute atomic E-state index is 0. The number of aryl methyl sites for hydroxylation is 1. The first-order valence-corrected chi connectivity index (χ1v) is 15.5. The van der Waals surface area contributed by atoms with Crippen LogP contribution in [0.25, 0.3) is 44.4 Å². The van der Waals surface area contributed by atoms with Crippen LogP contribution < -0.4 is 9.47 Å². The molecule has 0 bridgehead atoms. The predicted molar refractivity (Wildman–Crippen MR) is 185 cm³/mol. The minimum Gasteiger partial charge on any atom is -0.509 e. The van der Waals surface area contributed by atoms with Gasteiger partial charge in [0.05, 0.1) is 12.8 Å². The molecule has 7 aromatic rings. The number of hydrogen-bond donors (Lipinski definition) is 0. The van der Waals surface area contributed by atoms with Gasteiger partial charge in [-0.1, -0.05) is 56.6 Å². The summed E-state index contributed by atoms with van der Waals surface area (Å²) in [7, 11) is 1.69. The molecule has 0 spiro atoms. The molecule has 238 valence electrons. The molecule has 0 unspecified atom stereocenters. The summed E-state index contributed by atoms with van der Waals surface area (Å²) in [4.78, 5) is 4.81. The van der Waals surface area contributed by atoms with E-state index in [1.165, 1.54) is 5.56 Å².